The van der Waals surface area contributed by atoms with Crippen molar-refractivity contribution >= 4 is 40.9 Å². The van der Waals surface area contributed by atoms with Crippen LogP contribution in [-0.4, -0.2) is 35.2 Å². The minimum Gasteiger partial charge on any atom is -0.494 e. The Bertz CT molecular complexity index is 892. The van der Waals surface area contributed by atoms with Gasteiger partial charge >= 0.3 is 5.97 Å². The normalized spacial score (nSPS) is 10.9. The Balaban J connectivity index is 1.82. The lowest BCUT2D eigenvalue weighted by Gasteiger charge is -2.08. The fourth-order valence-electron chi connectivity index (χ4n) is 2.22. The van der Waals surface area contributed by atoms with Crippen LogP contribution < -0.4 is 15.4 Å². The van der Waals surface area contributed by atoms with Crippen LogP contribution in [0.15, 0.2) is 65.1 Å². The average Bonchev–Trinajstić information content (AvgIpc) is 2.69. The second kappa shape index (κ2) is 10.9. The lowest BCUT2D eigenvalue weighted by atomic mass is 10.2. The number of hydrogen-bond donors (Lipinski definition) is 3. The summed E-state index contributed by atoms with van der Waals surface area (Å²) in [5.41, 5.74) is 1.18. The van der Waals surface area contributed by atoms with Crippen LogP contribution in [0.2, 0.25) is 0 Å². The Labute approximate surface area is 173 Å². The van der Waals surface area contributed by atoms with Crippen molar-refractivity contribution in [2.45, 2.75) is 18.7 Å². The van der Waals surface area contributed by atoms with E-state index in [1.54, 1.807) is 48.5 Å². The van der Waals surface area contributed by atoms with Crippen LogP contribution in [0.4, 0.5) is 11.4 Å². The maximum Gasteiger partial charge on any atom is 0.331 e. The lowest BCUT2D eigenvalue weighted by Crippen LogP contribution is -2.13. The molecule has 0 saturated carbocycles. The fourth-order valence-corrected chi connectivity index (χ4v) is 2.92. The summed E-state index contributed by atoms with van der Waals surface area (Å²) in [6.07, 6.45) is 1.02. The number of benzene rings is 2. The van der Waals surface area contributed by atoms with Gasteiger partial charge in [0.1, 0.15) is 5.75 Å². The van der Waals surface area contributed by atoms with Crippen molar-refractivity contribution in [3.63, 3.8) is 0 Å². The number of thioether (sulfide) groups is 1. The van der Waals surface area contributed by atoms with Crippen LogP contribution in [-0.2, 0) is 14.4 Å². The molecule has 0 radical (unpaired) electrons. The summed E-state index contributed by atoms with van der Waals surface area (Å²) in [6, 6.07) is 14.1. The zero-order valence-corrected chi connectivity index (χ0v) is 16.9. The Morgan fingerprint density at radius 2 is 1.59 bits per heavy atom. The van der Waals surface area contributed by atoms with Crippen molar-refractivity contribution in [2.75, 3.05) is 23.0 Å². The van der Waals surface area contributed by atoms with E-state index in [1.165, 1.54) is 18.7 Å². The Morgan fingerprint density at radius 1 is 1.00 bits per heavy atom. The number of aliphatic carboxylic acids is 1. The van der Waals surface area contributed by atoms with Crippen molar-refractivity contribution < 1.29 is 24.2 Å². The maximum atomic E-state index is 12.1. The number of carboxylic acid groups (broad SMARTS) is 1. The molecule has 152 valence electrons. The van der Waals surface area contributed by atoms with Gasteiger partial charge in [-0.15, -0.1) is 11.8 Å². The number of carboxylic acids is 1. The number of carbonyl (C=O) groups excluding carboxylic acids is 2. The third-order valence-corrected chi connectivity index (χ3v) is 4.64. The Morgan fingerprint density at radius 3 is 2.17 bits per heavy atom. The molecule has 0 saturated heterocycles. The van der Waals surface area contributed by atoms with Crippen molar-refractivity contribution in [2.24, 2.45) is 0 Å². The smallest absolute Gasteiger partial charge is 0.331 e. The SMILES string of the molecule is CCOc1ccc(NC(=O)CSc2ccc(NC(=O)/C=C(\C)C(=O)O)cc2)cc1. The van der Waals surface area contributed by atoms with Gasteiger partial charge < -0.3 is 20.5 Å². The second-order valence-corrected chi connectivity index (χ2v) is 6.99. The van der Waals surface area contributed by atoms with E-state index in [0.29, 0.717) is 18.0 Å². The summed E-state index contributed by atoms with van der Waals surface area (Å²) in [7, 11) is 0. The van der Waals surface area contributed by atoms with E-state index in [2.05, 4.69) is 10.6 Å². The molecule has 0 heterocycles. The highest BCUT2D eigenvalue weighted by Crippen LogP contribution is 2.21. The first-order valence-electron chi connectivity index (χ1n) is 8.85. The molecule has 2 aromatic rings. The first kappa shape index (κ1) is 22.0. The third-order valence-electron chi connectivity index (χ3n) is 3.63. The molecule has 0 atom stereocenters. The van der Waals surface area contributed by atoms with Gasteiger partial charge in [0.05, 0.1) is 12.4 Å². The highest BCUT2D eigenvalue weighted by Gasteiger charge is 2.06. The van der Waals surface area contributed by atoms with Crippen molar-refractivity contribution in [3.05, 3.63) is 60.2 Å². The molecule has 0 fully saturated rings. The van der Waals surface area contributed by atoms with Crippen LogP contribution in [0.1, 0.15) is 13.8 Å². The molecule has 2 rings (SSSR count). The van der Waals surface area contributed by atoms with E-state index in [1.807, 2.05) is 6.92 Å². The summed E-state index contributed by atoms with van der Waals surface area (Å²) >= 11 is 1.36. The van der Waals surface area contributed by atoms with Crippen LogP contribution in [0.25, 0.3) is 0 Å². The zero-order valence-electron chi connectivity index (χ0n) is 16.1. The van der Waals surface area contributed by atoms with Crippen molar-refractivity contribution in [3.8, 4) is 5.75 Å². The minimum atomic E-state index is -1.14. The number of carbonyl (C=O) groups is 3. The number of hydrogen-bond acceptors (Lipinski definition) is 5. The van der Waals surface area contributed by atoms with Crippen LogP contribution in [0.5, 0.6) is 5.75 Å². The first-order chi connectivity index (χ1) is 13.9. The second-order valence-electron chi connectivity index (χ2n) is 5.94. The Hall–Kier alpha value is -3.26. The summed E-state index contributed by atoms with van der Waals surface area (Å²) in [4.78, 5) is 35.4. The summed E-state index contributed by atoms with van der Waals surface area (Å²) in [6.45, 7) is 3.84. The van der Waals surface area contributed by atoms with E-state index in [4.69, 9.17) is 9.84 Å². The molecule has 0 aliphatic carbocycles. The molecule has 0 aliphatic heterocycles. The largest absolute Gasteiger partial charge is 0.494 e. The lowest BCUT2D eigenvalue weighted by molar-refractivity contribution is -0.132. The molecule has 0 spiro atoms. The molecular formula is C21H22N2O5S. The highest BCUT2D eigenvalue weighted by atomic mass is 32.2. The standard InChI is InChI=1S/C21H22N2O5S/c1-3-28-17-8-4-15(5-9-17)23-20(25)13-29-18-10-6-16(7-11-18)22-19(24)12-14(2)21(26)27/h4-12H,3,13H2,1-2H3,(H,22,24)(H,23,25)(H,26,27)/b14-12+. The summed E-state index contributed by atoms with van der Waals surface area (Å²) < 4.78 is 5.36. The fraction of sp³-hybridized carbons (Fsp3) is 0.190. The van der Waals surface area contributed by atoms with Gasteiger partial charge in [-0.1, -0.05) is 0 Å². The molecule has 7 nitrogen and oxygen atoms in total. The van der Waals surface area contributed by atoms with E-state index >= 15 is 0 Å². The van der Waals surface area contributed by atoms with Crippen LogP contribution in [0, 0.1) is 0 Å². The van der Waals surface area contributed by atoms with Crippen LogP contribution in [0.3, 0.4) is 0 Å². The molecular weight excluding hydrogens is 392 g/mol. The number of amides is 2. The number of rotatable bonds is 9. The Kier molecular flexibility index (Phi) is 8.29. The van der Waals surface area contributed by atoms with E-state index in [9.17, 15) is 14.4 Å². The van der Waals surface area contributed by atoms with Gasteiger partial charge in [-0.2, -0.15) is 0 Å². The van der Waals surface area contributed by atoms with Crippen LogP contribution >= 0.6 is 11.8 Å². The molecule has 0 aromatic heterocycles. The average molecular weight is 414 g/mol. The highest BCUT2D eigenvalue weighted by molar-refractivity contribution is 8.00. The molecule has 29 heavy (non-hydrogen) atoms. The van der Waals surface area contributed by atoms with Gasteiger partial charge in [-0.3, -0.25) is 9.59 Å². The maximum absolute atomic E-state index is 12.1. The third kappa shape index (κ3) is 7.71. The van der Waals surface area contributed by atoms with E-state index in [-0.39, 0.29) is 17.2 Å². The molecule has 0 bridgehead atoms. The molecule has 2 aromatic carbocycles. The van der Waals surface area contributed by atoms with Crippen molar-refractivity contribution in [1.29, 1.82) is 0 Å². The molecule has 3 N–H and O–H groups in total. The van der Waals surface area contributed by atoms with Gasteiger partial charge in [-0.25, -0.2) is 4.79 Å². The van der Waals surface area contributed by atoms with E-state index in [0.717, 1.165) is 16.7 Å². The quantitative estimate of drug-likeness (QED) is 0.426. The molecule has 0 unspecified atom stereocenters. The van der Waals surface area contributed by atoms with Crippen molar-refractivity contribution in [1.82, 2.24) is 0 Å². The van der Waals surface area contributed by atoms with Gasteiger partial charge in [0, 0.05) is 27.9 Å². The monoisotopic (exact) mass is 414 g/mol. The summed E-state index contributed by atoms with van der Waals surface area (Å²) in [5, 5.41) is 14.2. The van der Waals surface area contributed by atoms with Gasteiger partial charge in [-0.05, 0) is 62.4 Å². The minimum absolute atomic E-state index is 0.0479. The van der Waals surface area contributed by atoms with Gasteiger partial charge in [0.15, 0.2) is 0 Å². The number of ether oxygens (including phenoxy) is 1. The van der Waals surface area contributed by atoms with Gasteiger partial charge in [0.2, 0.25) is 11.8 Å². The molecule has 2 amide bonds. The number of anilines is 2. The zero-order chi connectivity index (χ0) is 21.2. The number of nitrogens with one attached hydrogen (secondary N) is 2. The molecule has 0 aliphatic rings. The van der Waals surface area contributed by atoms with Gasteiger partial charge in [0.25, 0.3) is 0 Å². The van der Waals surface area contributed by atoms with E-state index < -0.39 is 11.9 Å². The predicted molar refractivity (Wildman–Crippen MR) is 113 cm³/mol. The summed E-state index contributed by atoms with van der Waals surface area (Å²) in [5.74, 6) is -0.804. The first-order valence-corrected chi connectivity index (χ1v) is 9.84. The predicted octanol–water partition coefficient (Wildman–Crippen LogP) is 3.79. The molecule has 8 heteroatoms. The topological polar surface area (TPSA) is 105 Å².